The third kappa shape index (κ3) is 4.18. The van der Waals surface area contributed by atoms with Gasteiger partial charge in [0.2, 0.25) is 0 Å². The van der Waals surface area contributed by atoms with Gasteiger partial charge in [-0.3, -0.25) is 4.79 Å². The van der Waals surface area contributed by atoms with E-state index >= 15 is 0 Å². The van der Waals surface area contributed by atoms with E-state index in [9.17, 15) is 4.79 Å². The molecule has 1 aromatic heterocycles. The van der Waals surface area contributed by atoms with E-state index in [0.29, 0.717) is 39.5 Å². The number of aromatic nitrogens is 2. The molecule has 6 nitrogen and oxygen atoms in total. The van der Waals surface area contributed by atoms with Crippen molar-refractivity contribution in [3.8, 4) is 11.5 Å². The Hall–Kier alpha value is -2.70. The number of nitrogens with one attached hydrogen (secondary N) is 1. The van der Waals surface area contributed by atoms with Gasteiger partial charge in [-0.2, -0.15) is 5.10 Å². The number of amides is 1. The molecule has 3 aromatic rings. The zero-order chi connectivity index (χ0) is 19.4. The lowest BCUT2D eigenvalue weighted by atomic mass is 10.1. The Balaban J connectivity index is 1.85. The maximum atomic E-state index is 12.8. The molecule has 0 bridgehead atoms. The van der Waals surface area contributed by atoms with Crippen LogP contribution in [-0.2, 0) is 6.54 Å². The topological polar surface area (TPSA) is 65.4 Å². The molecule has 140 valence electrons. The lowest BCUT2D eigenvalue weighted by Gasteiger charge is -2.13. The first kappa shape index (κ1) is 19.1. The van der Waals surface area contributed by atoms with Crippen LogP contribution in [0.1, 0.15) is 15.9 Å². The van der Waals surface area contributed by atoms with E-state index in [0.717, 1.165) is 5.56 Å². The minimum absolute atomic E-state index is 0.343. The Morgan fingerprint density at radius 2 is 1.96 bits per heavy atom. The molecule has 8 heteroatoms. The summed E-state index contributed by atoms with van der Waals surface area (Å²) in [6, 6.07) is 12.1. The molecule has 1 heterocycles. The van der Waals surface area contributed by atoms with Gasteiger partial charge < -0.3 is 14.8 Å². The molecule has 0 unspecified atom stereocenters. The van der Waals surface area contributed by atoms with Crippen molar-refractivity contribution in [2.45, 2.75) is 6.54 Å². The highest BCUT2D eigenvalue weighted by atomic mass is 35.5. The lowest BCUT2D eigenvalue weighted by Crippen LogP contribution is -2.17. The largest absolute Gasteiger partial charge is 0.497 e. The Morgan fingerprint density at radius 3 is 2.70 bits per heavy atom. The van der Waals surface area contributed by atoms with Crippen LogP contribution in [0.3, 0.4) is 0 Å². The molecule has 0 saturated heterocycles. The van der Waals surface area contributed by atoms with Crippen molar-refractivity contribution in [3.05, 3.63) is 69.8 Å². The quantitative estimate of drug-likeness (QED) is 0.655. The summed E-state index contributed by atoms with van der Waals surface area (Å²) in [5, 5.41) is 8.01. The molecular weight excluding hydrogens is 389 g/mol. The van der Waals surface area contributed by atoms with Gasteiger partial charge in [0, 0.05) is 6.07 Å². The second kappa shape index (κ2) is 8.33. The molecule has 27 heavy (non-hydrogen) atoms. The Bertz CT molecular complexity index is 973. The third-order valence-electron chi connectivity index (χ3n) is 3.96. The molecule has 0 aliphatic heterocycles. The predicted octanol–water partition coefficient (Wildman–Crippen LogP) is 4.51. The summed E-state index contributed by atoms with van der Waals surface area (Å²) >= 11 is 12.3. The fourth-order valence-electron chi connectivity index (χ4n) is 2.57. The maximum absolute atomic E-state index is 12.8. The number of carbonyl (C=O) groups is 1. The summed E-state index contributed by atoms with van der Waals surface area (Å²) < 4.78 is 12.1. The van der Waals surface area contributed by atoms with Gasteiger partial charge in [0.05, 0.1) is 42.6 Å². The van der Waals surface area contributed by atoms with E-state index in [-0.39, 0.29) is 5.91 Å². The highest BCUT2D eigenvalue weighted by Gasteiger charge is 2.16. The van der Waals surface area contributed by atoms with Crippen molar-refractivity contribution in [2.24, 2.45) is 0 Å². The minimum atomic E-state index is -0.343. The van der Waals surface area contributed by atoms with Gasteiger partial charge in [0.25, 0.3) is 5.91 Å². The molecule has 1 amide bonds. The summed E-state index contributed by atoms with van der Waals surface area (Å²) in [5.41, 5.74) is 1.15. The second-order valence-corrected chi connectivity index (χ2v) is 6.39. The second-order valence-electron chi connectivity index (χ2n) is 5.61. The van der Waals surface area contributed by atoms with Crippen LogP contribution < -0.4 is 14.8 Å². The van der Waals surface area contributed by atoms with E-state index in [2.05, 4.69) is 10.4 Å². The van der Waals surface area contributed by atoms with E-state index in [4.69, 9.17) is 32.7 Å². The van der Waals surface area contributed by atoms with Crippen LogP contribution in [0.2, 0.25) is 10.0 Å². The SMILES string of the molecule is COc1ccc(OC)c(C(=O)Nc2ccnn2Cc2cccc(Cl)c2Cl)c1. The Kier molecular flexibility index (Phi) is 5.88. The zero-order valence-electron chi connectivity index (χ0n) is 14.7. The van der Waals surface area contributed by atoms with Gasteiger partial charge in [0.1, 0.15) is 17.3 Å². The Labute approximate surface area is 166 Å². The molecule has 0 fully saturated rings. The van der Waals surface area contributed by atoms with Crippen LogP contribution in [0.15, 0.2) is 48.7 Å². The van der Waals surface area contributed by atoms with Crippen LogP contribution in [-0.4, -0.2) is 29.9 Å². The number of carbonyl (C=O) groups excluding carboxylic acids is 1. The summed E-state index contributed by atoms with van der Waals surface area (Å²) in [6.07, 6.45) is 1.59. The van der Waals surface area contributed by atoms with Gasteiger partial charge in [-0.15, -0.1) is 0 Å². The highest BCUT2D eigenvalue weighted by Crippen LogP contribution is 2.27. The number of rotatable bonds is 6. The number of hydrogen-bond donors (Lipinski definition) is 1. The van der Waals surface area contributed by atoms with Gasteiger partial charge in [0.15, 0.2) is 0 Å². The van der Waals surface area contributed by atoms with Gasteiger partial charge >= 0.3 is 0 Å². The number of nitrogens with zero attached hydrogens (tertiary/aromatic N) is 2. The van der Waals surface area contributed by atoms with E-state index in [1.54, 1.807) is 41.2 Å². The molecule has 0 saturated carbocycles. The first-order valence-electron chi connectivity index (χ1n) is 8.01. The van der Waals surface area contributed by atoms with Crippen LogP contribution in [0, 0.1) is 0 Å². The lowest BCUT2D eigenvalue weighted by molar-refractivity contribution is 0.102. The average molecular weight is 406 g/mol. The number of methoxy groups -OCH3 is 2. The first-order chi connectivity index (χ1) is 13.0. The third-order valence-corrected chi connectivity index (χ3v) is 4.82. The van der Waals surface area contributed by atoms with Crippen molar-refractivity contribution in [1.29, 1.82) is 0 Å². The van der Waals surface area contributed by atoms with Crippen LogP contribution in [0.25, 0.3) is 0 Å². The molecule has 0 aliphatic carbocycles. The van der Waals surface area contributed by atoms with Crippen LogP contribution in [0.4, 0.5) is 5.82 Å². The number of anilines is 1. The number of halogens is 2. The standard InChI is InChI=1S/C19H17Cl2N3O3/c1-26-13-6-7-16(27-2)14(10-13)19(25)23-17-8-9-22-24(17)11-12-4-3-5-15(20)18(12)21/h3-10H,11H2,1-2H3,(H,23,25). The van der Waals surface area contributed by atoms with E-state index in [1.807, 2.05) is 12.1 Å². The molecular formula is C19H17Cl2N3O3. The smallest absolute Gasteiger partial charge is 0.260 e. The van der Waals surface area contributed by atoms with Gasteiger partial charge in [-0.05, 0) is 29.8 Å². The van der Waals surface area contributed by atoms with Crippen molar-refractivity contribution >= 4 is 34.9 Å². The molecule has 2 aromatic carbocycles. The summed E-state index contributed by atoms with van der Waals surface area (Å²) in [6.45, 7) is 0.358. The van der Waals surface area contributed by atoms with Crippen molar-refractivity contribution in [3.63, 3.8) is 0 Å². The van der Waals surface area contributed by atoms with Crippen molar-refractivity contribution < 1.29 is 14.3 Å². The maximum Gasteiger partial charge on any atom is 0.260 e. The fraction of sp³-hybridized carbons (Fsp3) is 0.158. The zero-order valence-corrected chi connectivity index (χ0v) is 16.2. The number of ether oxygens (including phenoxy) is 2. The molecule has 0 spiro atoms. The van der Waals surface area contributed by atoms with E-state index in [1.165, 1.54) is 14.2 Å². The first-order valence-corrected chi connectivity index (χ1v) is 8.77. The van der Waals surface area contributed by atoms with E-state index < -0.39 is 0 Å². The average Bonchev–Trinajstić information content (AvgIpc) is 3.11. The van der Waals surface area contributed by atoms with Gasteiger partial charge in [-0.1, -0.05) is 35.3 Å². The Morgan fingerprint density at radius 1 is 1.15 bits per heavy atom. The van der Waals surface area contributed by atoms with Crippen LogP contribution in [0.5, 0.6) is 11.5 Å². The normalized spacial score (nSPS) is 10.5. The summed E-state index contributed by atoms with van der Waals surface area (Å²) in [7, 11) is 3.04. The molecule has 3 rings (SSSR count). The molecule has 1 N–H and O–H groups in total. The molecule has 0 radical (unpaired) electrons. The van der Waals surface area contributed by atoms with Crippen LogP contribution >= 0.6 is 23.2 Å². The summed E-state index contributed by atoms with van der Waals surface area (Å²) in [5.74, 6) is 1.17. The monoisotopic (exact) mass is 405 g/mol. The van der Waals surface area contributed by atoms with Crippen molar-refractivity contribution in [1.82, 2.24) is 9.78 Å². The minimum Gasteiger partial charge on any atom is -0.497 e. The highest BCUT2D eigenvalue weighted by molar-refractivity contribution is 6.42. The predicted molar refractivity (Wildman–Crippen MR) is 105 cm³/mol. The number of benzene rings is 2. The van der Waals surface area contributed by atoms with Gasteiger partial charge in [-0.25, -0.2) is 4.68 Å². The summed E-state index contributed by atoms with van der Waals surface area (Å²) in [4.78, 5) is 12.8. The molecule has 0 atom stereocenters. The molecule has 0 aliphatic rings. The van der Waals surface area contributed by atoms with Crippen molar-refractivity contribution in [2.75, 3.05) is 19.5 Å². The fourth-order valence-corrected chi connectivity index (χ4v) is 2.95. The number of hydrogen-bond acceptors (Lipinski definition) is 4.